The van der Waals surface area contributed by atoms with Crippen molar-refractivity contribution in [3.05, 3.63) is 39.5 Å². The van der Waals surface area contributed by atoms with Crippen molar-refractivity contribution in [3.8, 4) is 5.75 Å². The Balaban J connectivity index is 2.52. The van der Waals surface area contributed by atoms with Crippen LogP contribution in [-0.4, -0.2) is 17.7 Å². The Morgan fingerprint density at radius 2 is 2.06 bits per heavy atom. The van der Waals surface area contributed by atoms with Crippen molar-refractivity contribution < 1.29 is 14.6 Å². The van der Waals surface area contributed by atoms with E-state index in [1.165, 1.54) is 0 Å². The molecule has 1 aromatic rings. The van der Waals surface area contributed by atoms with E-state index in [0.717, 1.165) is 9.32 Å². The molecule has 3 nitrogen and oxygen atoms in total. The molecule has 0 aliphatic carbocycles. The number of hydrogen-bond donors (Lipinski definition) is 1. The summed E-state index contributed by atoms with van der Waals surface area (Å²) in [6, 6.07) is 7.61. The number of benzene rings is 1. The van der Waals surface area contributed by atoms with Crippen molar-refractivity contribution >= 4 is 28.6 Å². The standard InChI is InChI=1S/C12H13IO3/c1-2-9(12(14)15)7-8-16-11-5-3-10(13)4-6-11/h3-7H,2,8H2,1H3,(H,14,15). The lowest BCUT2D eigenvalue weighted by atomic mass is 10.2. The maximum Gasteiger partial charge on any atom is 0.331 e. The molecule has 0 atom stereocenters. The van der Waals surface area contributed by atoms with Gasteiger partial charge in [0, 0.05) is 9.14 Å². The van der Waals surface area contributed by atoms with Gasteiger partial charge in [0.1, 0.15) is 12.4 Å². The van der Waals surface area contributed by atoms with Gasteiger partial charge in [0.2, 0.25) is 0 Å². The molecule has 4 heteroatoms. The highest BCUT2D eigenvalue weighted by atomic mass is 127. The number of rotatable bonds is 5. The first-order valence-corrected chi connectivity index (χ1v) is 6.02. The molecule has 0 aliphatic rings. The maximum atomic E-state index is 10.7. The molecular weight excluding hydrogens is 319 g/mol. The number of carboxylic acids is 1. The fourth-order valence-corrected chi connectivity index (χ4v) is 1.51. The molecule has 16 heavy (non-hydrogen) atoms. The quantitative estimate of drug-likeness (QED) is 0.666. The average Bonchev–Trinajstić information content (AvgIpc) is 2.26. The summed E-state index contributed by atoms with van der Waals surface area (Å²) in [6.07, 6.45) is 2.10. The molecule has 0 saturated carbocycles. The first-order chi connectivity index (χ1) is 7.63. The molecule has 0 aromatic heterocycles. The van der Waals surface area contributed by atoms with E-state index < -0.39 is 5.97 Å². The van der Waals surface area contributed by atoms with Crippen LogP contribution in [0, 0.1) is 3.57 Å². The van der Waals surface area contributed by atoms with Crippen molar-refractivity contribution in [2.24, 2.45) is 0 Å². The molecule has 1 aromatic carbocycles. The number of ether oxygens (including phenoxy) is 1. The fraction of sp³-hybridized carbons (Fsp3) is 0.250. The highest BCUT2D eigenvalue weighted by Crippen LogP contribution is 2.13. The maximum absolute atomic E-state index is 10.7. The van der Waals surface area contributed by atoms with Crippen LogP contribution in [0.2, 0.25) is 0 Å². The monoisotopic (exact) mass is 332 g/mol. The van der Waals surface area contributed by atoms with Crippen LogP contribution in [0.3, 0.4) is 0 Å². The van der Waals surface area contributed by atoms with Crippen LogP contribution in [0.15, 0.2) is 35.9 Å². The van der Waals surface area contributed by atoms with Crippen LogP contribution >= 0.6 is 22.6 Å². The molecule has 1 rings (SSSR count). The van der Waals surface area contributed by atoms with Crippen LogP contribution in [0.25, 0.3) is 0 Å². The van der Waals surface area contributed by atoms with E-state index in [-0.39, 0.29) is 6.61 Å². The molecule has 0 unspecified atom stereocenters. The first-order valence-electron chi connectivity index (χ1n) is 4.94. The second kappa shape index (κ2) is 6.52. The summed E-state index contributed by atoms with van der Waals surface area (Å²) < 4.78 is 6.54. The predicted molar refractivity (Wildman–Crippen MR) is 70.7 cm³/mol. The SMILES string of the molecule is CCC(=CCOc1ccc(I)cc1)C(=O)O. The number of hydrogen-bond acceptors (Lipinski definition) is 2. The Hall–Kier alpha value is -1.04. The lowest BCUT2D eigenvalue weighted by molar-refractivity contribution is -0.132. The van der Waals surface area contributed by atoms with Gasteiger partial charge in [-0.05, 0) is 59.4 Å². The van der Waals surface area contributed by atoms with E-state index in [1.807, 2.05) is 31.2 Å². The topological polar surface area (TPSA) is 46.5 Å². The molecule has 0 heterocycles. The third kappa shape index (κ3) is 4.22. The third-order valence-corrected chi connectivity index (χ3v) is 2.77. The minimum Gasteiger partial charge on any atom is -0.490 e. The van der Waals surface area contributed by atoms with E-state index in [2.05, 4.69) is 22.6 Å². The zero-order valence-corrected chi connectivity index (χ0v) is 11.1. The van der Waals surface area contributed by atoms with Crippen molar-refractivity contribution in [2.45, 2.75) is 13.3 Å². The molecule has 86 valence electrons. The van der Waals surface area contributed by atoms with Gasteiger partial charge in [0.15, 0.2) is 0 Å². The molecule has 0 spiro atoms. The molecule has 0 bridgehead atoms. The number of halogens is 1. The van der Waals surface area contributed by atoms with E-state index in [4.69, 9.17) is 9.84 Å². The van der Waals surface area contributed by atoms with Gasteiger partial charge in [0.05, 0.1) is 0 Å². The van der Waals surface area contributed by atoms with Gasteiger partial charge in [-0.25, -0.2) is 4.79 Å². The van der Waals surface area contributed by atoms with Gasteiger partial charge in [-0.2, -0.15) is 0 Å². The van der Waals surface area contributed by atoms with E-state index >= 15 is 0 Å². The number of carboxylic acid groups (broad SMARTS) is 1. The number of carbonyl (C=O) groups is 1. The van der Waals surface area contributed by atoms with Crippen molar-refractivity contribution in [2.75, 3.05) is 6.61 Å². The van der Waals surface area contributed by atoms with Gasteiger partial charge >= 0.3 is 5.97 Å². The Bertz CT molecular complexity index is 382. The summed E-state index contributed by atoms with van der Waals surface area (Å²) in [4.78, 5) is 10.7. The summed E-state index contributed by atoms with van der Waals surface area (Å²) in [7, 11) is 0. The second-order valence-electron chi connectivity index (χ2n) is 3.15. The Morgan fingerprint density at radius 1 is 1.44 bits per heavy atom. The zero-order valence-electron chi connectivity index (χ0n) is 8.94. The largest absolute Gasteiger partial charge is 0.490 e. The van der Waals surface area contributed by atoms with E-state index in [1.54, 1.807) is 6.08 Å². The Morgan fingerprint density at radius 3 is 2.56 bits per heavy atom. The summed E-state index contributed by atoms with van der Waals surface area (Å²) in [5, 5.41) is 8.78. The minimum absolute atomic E-state index is 0.288. The summed E-state index contributed by atoms with van der Waals surface area (Å²) >= 11 is 2.21. The average molecular weight is 332 g/mol. The molecule has 1 N–H and O–H groups in total. The molecule has 0 saturated heterocycles. The molecule has 0 radical (unpaired) electrons. The number of aliphatic carboxylic acids is 1. The molecule has 0 aliphatic heterocycles. The Labute approximate surface area is 108 Å². The van der Waals surface area contributed by atoms with Crippen LogP contribution in [0.4, 0.5) is 0 Å². The van der Waals surface area contributed by atoms with Crippen LogP contribution in [-0.2, 0) is 4.79 Å². The van der Waals surface area contributed by atoms with Crippen molar-refractivity contribution in [3.63, 3.8) is 0 Å². The highest BCUT2D eigenvalue weighted by Gasteiger charge is 2.02. The molecular formula is C12H13IO3. The third-order valence-electron chi connectivity index (χ3n) is 2.05. The smallest absolute Gasteiger partial charge is 0.331 e. The lowest BCUT2D eigenvalue weighted by Crippen LogP contribution is -2.02. The zero-order chi connectivity index (χ0) is 12.0. The summed E-state index contributed by atoms with van der Waals surface area (Å²) in [5.74, 6) is -0.133. The lowest BCUT2D eigenvalue weighted by Gasteiger charge is -2.03. The van der Waals surface area contributed by atoms with Crippen LogP contribution in [0.1, 0.15) is 13.3 Å². The van der Waals surface area contributed by atoms with Gasteiger partial charge < -0.3 is 9.84 Å². The highest BCUT2D eigenvalue weighted by molar-refractivity contribution is 14.1. The van der Waals surface area contributed by atoms with Gasteiger partial charge in [-0.3, -0.25) is 0 Å². The van der Waals surface area contributed by atoms with Crippen LogP contribution < -0.4 is 4.74 Å². The van der Waals surface area contributed by atoms with Gasteiger partial charge in [-0.1, -0.05) is 6.92 Å². The Kier molecular flexibility index (Phi) is 5.31. The predicted octanol–water partition coefficient (Wildman–Crippen LogP) is 3.09. The van der Waals surface area contributed by atoms with Gasteiger partial charge in [0.25, 0.3) is 0 Å². The van der Waals surface area contributed by atoms with E-state index in [0.29, 0.717) is 12.0 Å². The normalized spacial score (nSPS) is 11.2. The first kappa shape index (κ1) is 13.0. The summed E-state index contributed by atoms with van der Waals surface area (Å²) in [5.41, 5.74) is 0.380. The fourth-order valence-electron chi connectivity index (χ4n) is 1.15. The summed E-state index contributed by atoms with van der Waals surface area (Å²) in [6.45, 7) is 2.10. The molecule has 0 amide bonds. The molecule has 0 fully saturated rings. The van der Waals surface area contributed by atoms with E-state index in [9.17, 15) is 4.79 Å². The minimum atomic E-state index is -0.881. The van der Waals surface area contributed by atoms with Crippen molar-refractivity contribution in [1.29, 1.82) is 0 Å². The van der Waals surface area contributed by atoms with Crippen molar-refractivity contribution in [1.82, 2.24) is 0 Å². The van der Waals surface area contributed by atoms with Crippen LogP contribution in [0.5, 0.6) is 5.75 Å². The second-order valence-corrected chi connectivity index (χ2v) is 4.40. The van der Waals surface area contributed by atoms with Gasteiger partial charge in [-0.15, -0.1) is 0 Å².